The Kier molecular flexibility index (Phi) is 5.51. The average molecular weight is 302 g/mol. The lowest BCUT2D eigenvalue weighted by atomic mass is 9.96. The van der Waals surface area contributed by atoms with Gasteiger partial charge in [-0.1, -0.05) is 30.3 Å². The first-order valence-electron chi connectivity index (χ1n) is 8.91. The number of aliphatic hydroxyl groups excluding tert-OH is 1. The molecule has 0 radical (unpaired) electrons. The Morgan fingerprint density at radius 3 is 2.64 bits per heavy atom. The van der Waals surface area contributed by atoms with Crippen molar-refractivity contribution in [1.29, 1.82) is 0 Å². The van der Waals surface area contributed by atoms with Crippen LogP contribution < -0.4 is 5.32 Å². The highest BCUT2D eigenvalue weighted by atomic mass is 16.3. The molecule has 3 rings (SSSR count). The first-order valence-corrected chi connectivity index (χ1v) is 8.91. The van der Waals surface area contributed by atoms with Crippen LogP contribution in [0.25, 0.3) is 0 Å². The van der Waals surface area contributed by atoms with E-state index in [0.717, 1.165) is 24.8 Å². The Labute approximate surface area is 134 Å². The number of rotatable bonds is 7. The molecule has 0 bridgehead atoms. The van der Waals surface area contributed by atoms with Crippen molar-refractivity contribution in [2.75, 3.05) is 26.2 Å². The number of hydrogen-bond acceptors (Lipinski definition) is 3. The normalized spacial score (nSPS) is 27.7. The van der Waals surface area contributed by atoms with Crippen LogP contribution in [0.2, 0.25) is 0 Å². The molecule has 22 heavy (non-hydrogen) atoms. The van der Waals surface area contributed by atoms with Crippen LogP contribution >= 0.6 is 0 Å². The lowest BCUT2D eigenvalue weighted by molar-refractivity contribution is 0.132. The Morgan fingerprint density at radius 2 is 1.95 bits per heavy atom. The number of nitrogens with zero attached hydrogens (tertiary/aromatic N) is 1. The van der Waals surface area contributed by atoms with Gasteiger partial charge in [0.2, 0.25) is 0 Å². The molecule has 1 aliphatic carbocycles. The third-order valence-electron chi connectivity index (χ3n) is 5.26. The minimum atomic E-state index is -0.163. The summed E-state index contributed by atoms with van der Waals surface area (Å²) in [6.45, 7) is 6.52. The van der Waals surface area contributed by atoms with Crippen molar-refractivity contribution >= 4 is 0 Å². The molecule has 1 saturated carbocycles. The predicted octanol–water partition coefficient (Wildman–Crippen LogP) is 2.62. The van der Waals surface area contributed by atoms with E-state index in [1.54, 1.807) is 0 Å². The Hall–Kier alpha value is -0.900. The third kappa shape index (κ3) is 4.55. The van der Waals surface area contributed by atoms with Crippen LogP contribution in [0.5, 0.6) is 0 Å². The minimum Gasteiger partial charge on any atom is -0.393 e. The van der Waals surface area contributed by atoms with E-state index >= 15 is 0 Å². The maximum Gasteiger partial charge on any atom is 0.0524 e. The first-order chi connectivity index (χ1) is 10.7. The highest BCUT2D eigenvalue weighted by Crippen LogP contribution is 2.40. The monoisotopic (exact) mass is 302 g/mol. The molecular formula is C19H30N2O. The molecule has 1 aromatic rings. The van der Waals surface area contributed by atoms with Crippen LogP contribution in [0.3, 0.4) is 0 Å². The molecule has 1 saturated heterocycles. The zero-order chi connectivity index (χ0) is 15.4. The molecule has 3 unspecified atom stereocenters. The lowest BCUT2D eigenvalue weighted by Gasteiger charge is -2.32. The van der Waals surface area contributed by atoms with Crippen molar-refractivity contribution in [3.8, 4) is 0 Å². The summed E-state index contributed by atoms with van der Waals surface area (Å²) >= 11 is 0. The van der Waals surface area contributed by atoms with Crippen molar-refractivity contribution in [2.24, 2.45) is 5.92 Å². The summed E-state index contributed by atoms with van der Waals surface area (Å²) in [4.78, 5) is 2.51. The molecule has 2 aliphatic rings. The minimum absolute atomic E-state index is 0.163. The van der Waals surface area contributed by atoms with E-state index in [1.165, 1.54) is 44.5 Å². The zero-order valence-corrected chi connectivity index (χ0v) is 13.7. The second-order valence-electron chi connectivity index (χ2n) is 7.19. The number of benzene rings is 1. The second kappa shape index (κ2) is 7.58. The summed E-state index contributed by atoms with van der Waals surface area (Å²) in [5.41, 5.74) is 1.49. The third-order valence-corrected chi connectivity index (χ3v) is 5.26. The Bertz CT molecular complexity index is 440. The fourth-order valence-electron chi connectivity index (χ4n) is 3.59. The number of piperidine rings is 1. The number of aliphatic hydroxyl groups is 1. The van der Waals surface area contributed by atoms with Gasteiger partial charge in [0.25, 0.3) is 0 Å². The standard InChI is InChI=1S/C19H30N2O/c1-15(22)7-10-21-11-8-16(9-12-21)14-20-19-13-18(19)17-5-3-2-4-6-17/h2-6,15-16,18-20,22H,7-14H2,1H3. The molecule has 3 nitrogen and oxygen atoms in total. The van der Waals surface area contributed by atoms with Gasteiger partial charge in [0, 0.05) is 18.5 Å². The summed E-state index contributed by atoms with van der Waals surface area (Å²) in [6.07, 6.45) is 4.65. The van der Waals surface area contributed by atoms with Crippen LogP contribution in [-0.2, 0) is 0 Å². The maximum absolute atomic E-state index is 9.37. The van der Waals surface area contributed by atoms with E-state index in [0.29, 0.717) is 6.04 Å². The van der Waals surface area contributed by atoms with Crippen LogP contribution in [0, 0.1) is 5.92 Å². The van der Waals surface area contributed by atoms with Crippen LogP contribution in [0.1, 0.15) is 44.1 Å². The van der Waals surface area contributed by atoms with Gasteiger partial charge in [-0.2, -0.15) is 0 Å². The van der Waals surface area contributed by atoms with E-state index in [-0.39, 0.29) is 6.10 Å². The van der Waals surface area contributed by atoms with Gasteiger partial charge in [-0.25, -0.2) is 0 Å². The Morgan fingerprint density at radius 1 is 1.23 bits per heavy atom. The van der Waals surface area contributed by atoms with Crippen molar-refractivity contribution < 1.29 is 5.11 Å². The molecule has 0 spiro atoms. The fraction of sp³-hybridized carbons (Fsp3) is 0.684. The van der Waals surface area contributed by atoms with Gasteiger partial charge in [0.15, 0.2) is 0 Å². The molecule has 1 aliphatic heterocycles. The molecule has 122 valence electrons. The average Bonchev–Trinajstić information content (AvgIpc) is 3.32. The summed E-state index contributed by atoms with van der Waals surface area (Å²) in [5.74, 6) is 1.58. The zero-order valence-electron chi connectivity index (χ0n) is 13.7. The molecule has 3 atom stereocenters. The van der Waals surface area contributed by atoms with Crippen molar-refractivity contribution in [1.82, 2.24) is 10.2 Å². The van der Waals surface area contributed by atoms with E-state index in [2.05, 4.69) is 40.5 Å². The van der Waals surface area contributed by atoms with Crippen LogP contribution in [-0.4, -0.2) is 48.3 Å². The number of likely N-dealkylation sites (tertiary alicyclic amines) is 1. The lowest BCUT2D eigenvalue weighted by Crippen LogP contribution is -2.38. The van der Waals surface area contributed by atoms with Crippen molar-refractivity contribution in [3.05, 3.63) is 35.9 Å². The molecule has 1 aromatic carbocycles. The SMILES string of the molecule is CC(O)CCN1CCC(CNC2CC2c2ccccc2)CC1. The maximum atomic E-state index is 9.37. The van der Waals surface area contributed by atoms with E-state index in [1.807, 2.05) is 6.92 Å². The molecule has 0 amide bonds. The Balaban J connectivity index is 1.31. The fourth-order valence-corrected chi connectivity index (χ4v) is 3.59. The number of hydrogen-bond donors (Lipinski definition) is 2. The molecule has 2 N–H and O–H groups in total. The van der Waals surface area contributed by atoms with Gasteiger partial charge in [0.1, 0.15) is 0 Å². The van der Waals surface area contributed by atoms with Gasteiger partial charge in [-0.15, -0.1) is 0 Å². The van der Waals surface area contributed by atoms with Gasteiger partial charge in [-0.3, -0.25) is 0 Å². The molecular weight excluding hydrogens is 272 g/mol. The van der Waals surface area contributed by atoms with Crippen molar-refractivity contribution in [3.63, 3.8) is 0 Å². The molecule has 2 fully saturated rings. The summed E-state index contributed by atoms with van der Waals surface area (Å²) in [6, 6.07) is 11.6. The van der Waals surface area contributed by atoms with Gasteiger partial charge < -0.3 is 15.3 Å². The molecule has 3 heteroatoms. The predicted molar refractivity (Wildman–Crippen MR) is 91.1 cm³/mol. The van der Waals surface area contributed by atoms with Gasteiger partial charge in [-0.05, 0) is 63.7 Å². The summed E-state index contributed by atoms with van der Waals surface area (Å²) in [7, 11) is 0. The van der Waals surface area contributed by atoms with Crippen LogP contribution in [0.15, 0.2) is 30.3 Å². The molecule has 0 aromatic heterocycles. The largest absolute Gasteiger partial charge is 0.393 e. The molecule has 1 heterocycles. The van der Waals surface area contributed by atoms with Gasteiger partial charge in [0.05, 0.1) is 6.10 Å². The van der Waals surface area contributed by atoms with E-state index in [4.69, 9.17) is 0 Å². The second-order valence-corrected chi connectivity index (χ2v) is 7.19. The first kappa shape index (κ1) is 16.0. The smallest absolute Gasteiger partial charge is 0.0524 e. The highest BCUT2D eigenvalue weighted by Gasteiger charge is 2.38. The van der Waals surface area contributed by atoms with Gasteiger partial charge >= 0.3 is 0 Å². The topological polar surface area (TPSA) is 35.5 Å². The van der Waals surface area contributed by atoms with Crippen LogP contribution in [0.4, 0.5) is 0 Å². The van der Waals surface area contributed by atoms with E-state index in [9.17, 15) is 5.11 Å². The summed E-state index contributed by atoms with van der Waals surface area (Å²) < 4.78 is 0. The summed E-state index contributed by atoms with van der Waals surface area (Å²) in [5, 5.41) is 13.2. The van der Waals surface area contributed by atoms with Crippen molar-refractivity contribution in [2.45, 2.75) is 50.7 Å². The highest BCUT2D eigenvalue weighted by molar-refractivity contribution is 5.27. The number of nitrogens with one attached hydrogen (secondary N) is 1. The van der Waals surface area contributed by atoms with E-state index < -0.39 is 0 Å². The quantitative estimate of drug-likeness (QED) is 0.813.